The number of hydrogen-bond donors (Lipinski definition) is 3. The fourth-order valence-corrected chi connectivity index (χ4v) is 7.41. The molecule has 36 heavy (non-hydrogen) atoms. The summed E-state index contributed by atoms with van der Waals surface area (Å²) in [7, 11) is 0. The van der Waals surface area contributed by atoms with Crippen LogP contribution in [0.1, 0.15) is 70.8 Å². The minimum absolute atomic E-state index is 0.0996. The van der Waals surface area contributed by atoms with Crippen LogP contribution in [0.4, 0.5) is 0 Å². The van der Waals surface area contributed by atoms with E-state index < -0.39 is 36.2 Å². The molecule has 8 heteroatoms. The average molecular weight is 499 g/mol. The number of ether oxygens (including phenoxy) is 2. The van der Waals surface area contributed by atoms with Crippen LogP contribution in [0.3, 0.4) is 0 Å². The Morgan fingerprint density at radius 3 is 2.22 bits per heavy atom. The molecule has 1 unspecified atom stereocenters. The van der Waals surface area contributed by atoms with Gasteiger partial charge in [-0.25, -0.2) is 0 Å². The van der Waals surface area contributed by atoms with Crippen molar-refractivity contribution in [1.29, 1.82) is 0 Å². The number of benzene rings is 1. The van der Waals surface area contributed by atoms with Gasteiger partial charge < -0.3 is 25.2 Å². The van der Waals surface area contributed by atoms with E-state index in [0.717, 1.165) is 17.8 Å². The van der Waals surface area contributed by atoms with Crippen molar-refractivity contribution < 1.29 is 29.0 Å². The van der Waals surface area contributed by atoms with Crippen molar-refractivity contribution in [3.05, 3.63) is 29.8 Å². The summed E-state index contributed by atoms with van der Waals surface area (Å²) >= 11 is 0. The molecular formula is C28H38N2O6. The van der Waals surface area contributed by atoms with Crippen LogP contribution < -0.4 is 15.4 Å². The second-order valence-electron chi connectivity index (χ2n) is 12.0. The lowest BCUT2D eigenvalue weighted by molar-refractivity contribution is -0.155. The van der Waals surface area contributed by atoms with Gasteiger partial charge in [0.15, 0.2) is 6.61 Å². The van der Waals surface area contributed by atoms with Gasteiger partial charge >= 0.3 is 5.97 Å². The molecule has 2 amide bonds. The van der Waals surface area contributed by atoms with E-state index in [0.29, 0.717) is 17.6 Å². The van der Waals surface area contributed by atoms with Crippen molar-refractivity contribution >= 4 is 17.8 Å². The first-order valence-corrected chi connectivity index (χ1v) is 13.4. The summed E-state index contributed by atoms with van der Waals surface area (Å²) in [5.41, 5.74) is 1.73. The van der Waals surface area contributed by atoms with Crippen LogP contribution in [0.2, 0.25) is 0 Å². The highest BCUT2D eigenvalue weighted by Crippen LogP contribution is 2.60. The normalized spacial score (nSPS) is 33.3. The molecule has 0 aromatic heterocycles. The van der Waals surface area contributed by atoms with Gasteiger partial charge in [-0.2, -0.15) is 0 Å². The van der Waals surface area contributed by atoms with E-state index in [4.69, 9.17) is 4.74 Å². The number of hydrogen-bond acceptors (Lipinski definition) is 6. The first-order chi connectivity index (χ1) is 17.2. The molecule has 1 saturated heterocycles. The highest BCUT2D eigenvalue weighted by molar-refractivity contribution is 5.88. The predicted molar refractivity (Wildman–Crippen MR) is 132 cm³/mol. The molecule has 196 valence electrons. The Morgan fingerprint density at radius 2 is 1.69 bits per heavy atom. The molecule has 5 fully saturated rings. The number of carbonyl (C=O) groups is 3. The van der Waals surface area contributed by atoms with E-state index in [9.17, 15) is 19.5 Å². The number of aliphatic hydroxyl groups is 1. The van der Waals surface area contributed by atoms with Crippen LogP contribution in [0.15, 0.2) is 24.3 Å². The number of rotatable bonds is 9. The standard InChI is InChI=1S/C28H38N2O6/c1-16(2)7-22(26(33)30-23-11-25(32)36-27(23)34)29-24(31)15-35-21-5-3-20(4-6-21)28-12-17-8-18(13-28)10-19(9-17)14-28/h3-6,16-19,22-23,27,34H,7-15H2,1-2H3,(H,29,31)(H,30,33)/t17?,18?,19?,22-,23-,27?,28?/m0/s1. The molecule has 1 aromatic rings. The van der Waals surface area contributed by atoms with Gasteiger partial charge in [-0.15, -0.1) is 0 Å². The van der Waals surface area contributed by atoms with Crippen LogP contribution in [0.25, 0.3) is 0 Å². The molecule has 4 saturated carbocycles. The Labute approximate surface area is 212 Å². The third-order valence-corrected chi connectivity index (χ3v) is 8.54. The summed E-state index contributed by atoms with van der Waals surface area (Å²) in [6, 6.07) is 6.63. The zero-order valence-corrected chi connectivity index (χ0v) is 21.2. The number of aliphatic hydroxyl groups excluding tert-OH is 1. The van der Waals surface area contributed by atoms with E-state index in [-0.39, 0.29) is 18.9 Å². The minimum Gasteiger partial charge on any atom is -0.484 e. The molecule has 0 radical (unpaired) electrons. The van der Waals surface area contributed by atoms with E-state index in [1.54, 1.807) is 0 Å². The van der Waals surface area contributed by atoms with Crippen molar-refractivity contribution in [3.63, 3.8) is 0 Å². The molecule has 8 nitrogen and oxygen atoms in total. The first-order valence-electron chi connectivity index (χ1n) is 13.4. The maximum atomic E-state index is 12.8. The molecule has 1 aromatic carbocycles. The Morgan fingerprint density at radius 1 is 1.08 bits per heavy atom. The summed E-state index contributed by atoms with van der Waals surface area (Å²) in [5, 5.41) is 15.1. The van der Waals surface area contributed by atoms with E-state index in [1.165, 1.54) is 44.1 Å². The summed E-state index contributed by atoms with van der Waals surface area (Å²) in [5.74, 6) is 2.00. The number of cyclic esters (lactones) is 1. The Balaban J connectivity index is 1.14. The topological polar surface area (TPSA) is 114 Å². The maximum Gasteiger partial charge on any atom is 0.310 e. The number of carbonyl (C=O) groups excluding carboxylic acids is 3. The zero-order chi connectivity index (χ0) is 25.4. The quantitative estimate of drug-likeness (QED) is 0.451. The third-order valence-electron chi connectivity index (χ3n) is 8.54. The van der Waals surface area contributed by atoms with Crippen LogP contribution in [0, 0.1) is 23.7 Å². The fourth-order valence-electron chi connectivity index (χ4n) is 7.41. The van der Waals surface area contributed by atoms with Gasteiger partial charge in [0, 0.05) is 0 Å². The summed E-state index contributed by atoms with van der Waals surface area (Å²) in [6.45, 7) is 3.70. The van der Waals surface area contributed by atoms with E-state index in [1.807, 2.05) is 26.0 Å². The average Bonchev–Trinajstić information content (AvgIpc) is 3.12. The molecule has 4 bridgehead atoms. The molecule has 1 aliphatic heterocycles. The SMILES string of the molecule is CC(C)C[C@H](NC(=O)COc1ccc(C23CC4CC(CC(C4)C2)C3)cc1)C(=O)N[C@H]1CC(=O)OC1O. The molecule has 4 aliphatic carbocycles. The van der Waals surface area contributed by atoms with E-state index in [2.05, 4.69) is 27.5 Å². The second kappa shape index (κ2) is 10.0. The van der Waals surface area contributed by atoms with Gasteiger partial charge in [0.05, 0.1) is 6.42 Å². The molecular weight excluding hydrogens is 460 g/mol. The van der Waals surface area contributed by atoms with Crippen LogP contribution in [0.5, 0.6) is 5.75 Å². The lowest BCUT2D eigenvalue weighted by Gasteiger charge is -2.57. The number of amides is 2. The van der Waals surface area contributed by atoms with Gasteiger partial charge in [0.1, 0.15) is 17.8 Å². The molecule has 1 heterocycles. The van der Waals surface area contributed by atoms with Gasteiger partial charge in [0.2, 0.25) is 12.2 Å². The van der Waals surface area contributed by atoms with Gasteiger partial charge in [-0.3, -0.25) is 14.4 Å². The largest absolute Gasteiger partial charge is 0.484 e. The van der Waals surface area contributed by atoms with Crippen molar-refractivity contribution in [3.8, 4) is 5.75 Å². The lowest BCUT2D eigenvalue weighted by Crippen LogP contribution is -2.52. The molecule has 0 spiro atoms. The molecule has 6 rings (SSSR count). The van der Waals surface area contributed by atoms with Crippen molar-refractivity contribution in [1.82, 2.24) is 10.6 Å². The third kappa shape index (κ3) is 5.38. The number of nitrogens with one attached hydrogen (secondary N) is 2. The van der Waals surface area contributed by atoms with E-state index >= 15 is 0 Å². The second-order valence-corrected chi connectivity index (χ2v) is 12.0. The Kier molecular flexibility index (Phi) is 6.99. The lowest BCUT2D eigenvalue weighted by atomic mass is 9.48. The highest BCUT2D eigenvalue weighted by atomic mass is 16.6. The first kappa shape index (κ1) is 25.1. The van der Waals surface area contributed by atoms with Gasteiger partial charge in [-0.1, -0.05) is 26.0 Å². The van der Waals surface area contributed by atoms with Crippen molar-refractivity contribution in [2.75, 3.05) is 6.61 Å². The number of esters is 1. The summed E-state index contributed by atoms with van der Waals surface area (Å²) in [4.78, 5) is 36.7. The minimum atomic E-state index is -1.37. The Bertz CT molecular complexity index is 955. The van der Waals surface area contributed by atoms with Crippen LogP contribution in [-0.4, -0.2) is 47.9 Å². The van der Waals surface area contributed by atoms with Crippen molar-refractivity contribution in [2.24, 2.45) is 23.7 Å². The fraction of sp³-hybridized carbons (Fsp3) is 0.679. The zero-order valence-electron chi connectivity index (χ0n) is 21.2. The monoisotopic (exact) mass is 498 g/mol. The van der Waals surface area contributed by atoms with Crippen LogP contribution >= 0.6 is 0 Å². The predicted octanol–water partition coefficient (Wildman–Crippen LogP) is 2.81. The summed E-state index contributed by atoms with van der Waals surface area (Å²) < 4.78 is 10.4. The molecule has 3 N–H and O–H groups in total. The highest BCUT2D eigenvalue weighted by Gasteiger charge is 2.51. The van der Waals surface area contributed by atoms with Crippen LogP contribution in [-0.2, 0) is 24.5 Å². The summed E-state index contributed by atoms with van der Waals surface area (Å²) in [6.07, 6.45) is 7.10. The van der Waals surface area contributed by atoms with Crippen molar-refractivity contribution in [2.45, 2.75) is 89.0 Å². The molecule has 5 aliphatic rings. The van der Waals surface area contributed by atoms with Gasteiger partial charge in [0.25, 0.3) is 5.91 Å². The maximum absolute atomic E-state index is 12.8. The van der Waals surface area contributed by atoms with Gasteiger partial charge in [-0.05, 0) is 91.7 Å². The Hall–Kier alpha value is -2.61. The molecule has 3 atom stereocenters. The smallest absolute Gasteiger partial charge is 0.310 e.